The first kappa shape index (κ1) is 18.7. The van der Waals surface area contributed by atoms with Gasteiger partial charge in [0.25, 0.3) is 0 Å². The van der Waals surface area contributed by atoms with E-state index in [-0.39, 0.29) is 24.8 Å². The summed E-state index contributed by atoms with van der Waals surface area (Å²) in [5, 5.41) is 12.1. The van der Waals surface area contributed by atoms with Gasteiger partial charge in [0.2, 0.25) is 5.91 Å². The minimum Gasteiger partial charge on any atom is -0.394 e. The third kappa shape index (κ3) is 4.37. The van der Waals surface area contributed by atoms with Crippen LogP contribution in [0.2, 0.25) is 0 Å². The van der Waals surface area contributed by atoms with Crippen molar-refractivity contribution >= 4 is 22.9 Å². The van der Waals surface area contributed by atoms with E-state index in [1.807, 2.05) is 4.57 Å². The predicted molar refractivity (Wildman–Crippen MR) is 97.6 cm³/mol. The van der Waals surface area contributed by atoms with E-state index < -0.39 is 0 Å². The van der Waals surface area contributed by atoms with Crippen molar-refractivity contribution in [3.8, 4) is 0 Å². The highest BCUT2D eigenvalue weighted by Gasteiger charge is 2.27. The second-order valence-corrected chi connectivity index (χ2v) is 6.73. The van der Waals surface area contributed by atoms with Crippen LogP contribution >= 0.6 is 0 Å². The number of aliphatic hydroxyl groups excluding tert-OH is 1. The minimum absolute atomic E-state index is 0.0116. The fourth-order valence-electron chi connectivity index (χ4n) is 3.26. The van der Waals surface area contributed by atoms with Crippen LogP contribution in [-0.4, -0.2) is 43.2 Å². The fourth-order valence-corrected chi connectivity index (χ4v) is 3.26. The Morgan fingerprint density at radius 2 is 2.12 bits per heavy atom. The highest BCUT2D eigenvalue weighted by atomic mass is 16.5. The highest BCUT2D eigenvalue weighted by Crippen LogP contribution is 2.31. The summed E-state index contributed by atoms with van der Waals surface area (Å²) in [5.41, 5.74) is 1.18. The second-order valence-electron chi connectivity index (χ2n) is 6.73. The first-order valence-electron chi connectivity index (χ1n) is 9.46. The van der Waals surface area contributed by atoms with Crippen molar-refractivity contribution in [1.29, 1.82) is 0 Å². The smallest absolute Gasteiger partial charge is 0.225 e. The van der Waals surface area contributed by atoms with E-state index in [1.54, 1.807) is 6.33 Å². The topological polar surface area (TPSA) is 102 Å². The van der Waals surface area contributed by atoms with Crippen molar-refractivity contribution in [3.63, 3.8) is 0 Å². The number of fused-ring (bicyclic) bond motifs is 1. The molecule has 26 heavy (non-hydrogen) atoms. The van der Waals surface area contributed by atoms with Crippen LogP contribution in [0, 0.1) is 0 Å². The monoisotopic (exact) mass is 361 g/mol. The number of rotatable bonds is 9. The number of carbonyl (C=O) groups is 1. The number of hydrogen-bond donors (Lipinski definition) is 2. The number of imidazole rings is 1. The molecule has 3 heterocycles. The Bertz CT molecular complexity index is 733. The highest BCUT2D eigenvalue weighted by molar-refractivity contribution is 5.96. The summed E-state index contributed by atoms with van der Waals surface area (Å²) >= 11 is 0. The van der Waals surface area contributed by atoms with E-state index in [0.717, 1.165) is 25.7 Å². The van der Waals surface area contributed by atoms with Gasteiger partial charge >= 0.3 is 0 Å². The van der Waals surface area contributed by atoms with Gasteiger partial charge in [-0.2, -0.15) is 0 Å². The molecule has 1 fully saturated rings. The lowest BCUT2D eigenvalue weighted by Gasteiger charge is -2.13. The maximum atomic E-state index is 12.2. The number of aliphatic hydroxyl groups is 1. The second kappa shape index (κ2) is 9.05. The molecule has 2 atom stereocenters. The summed E-state index contributed by atoms with van der Waals surface area (Å²) < 4.78 is 7.63. The number of hydrogen-bond acceptors (Lipinski definition) is 6. The van der Waals surface area contributed by atoms with E-state index >= 15 is 0 Å². The number of aromatic nitrogens is 4. The lowest BCUT2D eigenvalue weighted by molar-refractivity contribution is -0.116. The van der Waals surface area contributed by atoms with Gasteiger partial charge in [0.15, 0.2) is 17.0 Å². The molecule has 142 valence electrons. The zero-order valence-corrected chi connectivity index (χ0v) is 15.2. The molecule has 1 aliphatic rings. The molecule has 2 aromatic rings. The number of amides is 1. The SMILES string of the molecule is CCCCCCCC(=O)Nc1ncnc2c1ncn2[C@H]1CC[C@@H](CO)O1. The summed E-state index contributed by atoms with van der Waals surface area (Å²) in [6.45, 7) is 2.18. The number of nitrogens with one attached hydrogen (secondary N) is 1. The van der Waals surface area contributed by atoms with Crippen molar-refractivity contribution in [2.24, 2.45) is 0 Å². The van der Waals surface area contributed by atoms with Crippen molar-refractivity contribution < 1.29 is 14.6 Å². The molecular formula is C18H27N5O3. The van der Waals surface area contributed by atoms with Gasteiger partial charge in [0.05, 0.1) is 19.0 Å². The molecule has 0 unspecified atom stereocenters. The molecule has 1 aliphatic heterocycles. The van der Waals surface area contributed by atoms with Crippen molar-refractivity contribution in [2.75, 3.05) is 11.9 Å². The standard InChI is InChI=1S/C18H27N5O3/c1-2-3-4-5-6-7-14(25)22-17-16-18(20-11-19-17)23(12-21-16)15-9-8-13(10-24)26-15/h11-13,15,24H,2-10H2,1H3,(H,19,20,22,25)/t13-,15+/m0/s1. The first-order chi connectivity index (χ1) is 12.7. The summed E-state index contributed by atoms with van der Waals surface area (Å²) in [4.78, 5) is 25.0. The third-order valence-corrected chi connectivity index (χ3v) is 4.72. The van der Waals surface area contributed by atoms with Gasteiger partial charge in [-0.15, -0.1) is 0 Å². The molecule has 0 saturated carbocycles. The van der Waals surface area contributed by atoms with Gasteiger partial charge in [0.1, 0.15) is 12.6 Å². The zero-order valence-electron chi connectivity index (χ0n) is 15.2. The van der Waals surface area contributed by atoms with E-state index in [0.29, 0.717) is 23.4 Å². The molecule has 0 bridgehead atoms. The van der Waals surface area contributed by atoms with E-state index in [4.69, 9.17) is 4.74 Å². The van der Waals surface area contributed by atoms with Crippen LogP contribution in [0.15, 0.2) is 12.7 Å². The molecule has 2 N–H and O–H groups in total. The molecule has 0 radical (unpaired) electrons. The van der Waals surface area contributed by atoms with Crippen LogP contribution in [0.3, 0.4) is 0 Å². The van der Waals surface area contributed by atoms with Crippen LogP contribution in [0.1, 0.15) is 64.5 Å². The number of nitrogens with zero attached hydrogens (tertiary/aromatic N) is 4. The van der Waals surface area contributed by atoms with Crippen LogP contribution in [-0.2, 0) is 9.53 Å². The Balaban J connectivity index is 1.64. The zero-order chi connectivity index (χ0) is 18.4. The molecular weight excluding hydrogens is 334 g/mol. The lowest BCUT2D eigenvalue weighted by Crippen LogP contribution is -2.15. The average Bonchev–Trinajstić information content (AvgIpc) is 3.28. The Morgan fingerprint density at radius 3 is 2.88 bits per heavy atom. The van der Waals surface area contributed by atoms with Gasteiger partial charge in [-0.05, 0) is 19.3 Å². The van der Waals surface area contributed by atoms with Crippen LogP contribution in [0.25, 0.3) is 11.2 Å². The van der Waals surface area contributed by atoms with Crippen molar-refractivity contribution in [3.05, 3.63) is 12.7 Å². The quantitative estimate of drug-likeness (QED) is 0.666. The van der Waals surface area contributed by atoms with Gasteiger partial charge in [-0.1, -0.05) is 32.6 Å². The molecule has 8 nitrogen and oxygen atoms in total. The number of carbonyl (C=O) groups excluding carboxylic acids is 1. The number of anilines is 1. The Labute approximate surface area is 153 Å². The van der Waals surface area contributed by atoms with Crippen LogP contribution in [0.5, 0.6) is 0 Å². The summed E-state index contributed by atoms with van der Waals surface area (Å²) in [7, 11) is 0. The van der Waals surface area contributed by atoms with Gasteiger partial charge in [-0.25, -0.2) is 15.0 Å². The molecule has 1 amide bonds. The maximum absolute atomic E-state index is 12.2. The normalized spacial score (nSPS) is 19.9. The predicted octanol–water partition coefficient (Wildman–Crippen LogP) is 2.80. The van der Waals surface area contributed by atoms with Crippen LogP contribution in [0.4, 0.5) is 5.82 Å². The summed E-state index contributed by atoms with van der Waals surface area (Å²) in [6, 6.07) is 0. The average molecular weight is 361 g/mol. The molecule has 0 aromatic carbocycles. The van der Waals surface area contributed by atoms with E-state index in [1.165, 1.54) is 25.6 Å². The molecule has 8 heteroatoms. The van der Waals surface area contributed by atoms with Crippen molar-refractivity contribution in [2.45, 2.75) is 70.6 Å². The largest absolute Gasteiger partial charge is 0.394 e. The van der Waals surface area contributed by atoms with Gasteiger partial charge in [0, 0.05) is 6.42 Å². The summed E-state index contributed by atoms with van der Waals surface area (Å²) in [5.74, 6) is 0.387. The Hall–Kier alpha value is -2.06. The fraction of sp³-hybridized carbons (Fsp3) is 0.667. The lowest BCUT2D eigenvalue weighted by atomic mass is 10.1. The molecule has 0 spiro atoms. The Kier molecular flexibility index (Phi) is 6.51. The van der Waals surface area contributed by atoms with Crippen molar-refractivity contribution in [1.82, 2.24) is 19.5 Å². The molecule has 1 saturated heterocycles. The first-order valence-corrected chi connectivity index (χ1v) is 9.46. The van der Waals surface area contributed by atoms with E-state index in [9.17, 15) is 9.90 Å². The van der Waals surface area contributed by atoms with E-state index in [2.05, 4.69) is 27.2 Å². The maximum Gasteiger partial charge on any atom is 0.225 e. The summed E-state index contributed by atoms with van der Waals surface area (Å²) in [6.07, 6.45) is 10.3. The molecule has 2 aromatic heterocycles. The molecule has 0 aliphatic carbocycles. The van der Waals surface area contributed by atoms with Crippen LogP contribution < -0.4 is 5.32 Å². The Morgan fingerprint density at radius 1 is 1.27 bits per heavy atom. The molecule has 3 rings (SSSR count). The number of unbranched alkanes of at least 4 members (excludes halogenated alkanes) is 4. The third-order valence-electron chi connectivity index (χ3n) is 4.72. The van der Waals surface area contributed by atoms with Gasteiger partial charge < -0.3 is 15.2 Å². The number of ether oxygens (including phenoxy) is 1. The minimum atomic E-state index is -0.200. The van der Waals surface area contributed by atoms with Gasteiger partial charge in [-0.3, -0.25) is 9.36 Å².